The van der Waals surface area contributed by atoms with E-state index in [0.717, 1.165) is 24.8 Å². The van der Waals surface area contributed by atoms with Crippen molar-refractivity contribution < 1.29 is 17.5 Å². The highest BCUT2D eigenvalue weighted by Gasteiger charge is 2.25. The van der Waals surface area contributed by atoms with Crippen LogP contribution in [0.3, 0.4) is 0 Å². The first-order chi connectivity index (χ1) is 13.3. The fourth-order valence-electron chi connectivity index (χ4n) is 3.78. The van der Waals surface area contributed by atoms with Gasteiger partial charge in [0.25, 0.3) is 0 Å². The van der Waals surface area contributed by atoms with Gasteiger partial charge in [0.15, 0.2) is 21.4 Å². The lowest BCUT2D eigenvalue weighted by atomic mass is 9.96. The fourth-order valence-corrected chi connectivity index (χ4v) is 4.41. The minimum absolute atomic E-state index is 0.234. The molecule has 2 aromatic rings. The maximum atomic E-state index is 14.4. The molecule has 6 heteroatoms. The van der Waals surface area contributed by atoms with Crippen LogP contribution in [0.2, 0.25) is 0 Å². The minimum atomic E-state index is -3.17. The van der Waals surface area contributed by atoms with Gasteiger partial charge in [0.2, 0.25) is 0 Å². The van der Waals surface area contributed by atoms with E-state index >= 15 is 0 Å². The van der Waals surface area contributed by atoms with Gasteiger partial charge in [-0.2, -0.15) is 0 Å². The molecular formula is C22H26FNO3S. The molecule has 0 amide bonds. The standard InChI is InChI=1S/C22H26FNO3S/c1-15(20-5-4-6-21(27-2)22(20)23)24-14-16-7-8-18(13-16)17-9-11-19(12-10-17)28(3,25)26/h4-6,9-12,14-16,18H,7-8,13H2,1-3H3/t15-,16?,18+/m1/s1. The van der Waals surface area contributed by atoms with Gasteiger partial charge in [0.05, 0.1) is 18.0 Å². The van der Waals surface area contributed by atoms with Gasteiger partial charge in [0.1, 0.15) is 0 Å². The predicted octanol–water partition coefficient (Wildman–Crippen LogP) is 4.95. The van der Waals surface area contributed by atoms with Gasteiger partial charge in [-0.05, 0) is 61.8 Å². The van der Waals surface area contributed by atoms with Gasteiger partial charge in [-0.1, -0.05) is 24.3 Å². The highest BCUT2D eigenvalue weighted by molar-refractivity contribution is 7.90. The van der Waals surface area contributed by atoms with E-state index in [4.69, 9.17) is 4.74 Å². The molecule has 0 N–H and O–H groups in total. The number of rotatable bonds is 6. The smallest absolute Gasteiger partial charge is 0.175 e. The van der Waals surface area contributed by atoms with Gasteiger partial charge >= 0.3 is 0 Å². The lowest BCUT2D eigenvalue weighted by molar-refractivity contribution is 0.383. The zero-order chi connectivity index (χ0) is 20.3. The highest BCUT2D eigenvalue weighted by Crippen LogP contribution is 2.38. The van der Waals surface area contributed by atoms with E-state index in [1.54, 1.807) is 30.3 Å². The normalized spacial score (nSPS) is 21.1. The van der Waals surface area contributed by atoms with Gasteiger partial charge in [-0.15, -0.1) is 0 Å². The van der Waals surface area contributed by atoms with Crippen LogP contribution in [0.5, 0.6) is 5.75 Å². The first-order valence-electron chi connectivity index (χ1n) is 9.45. The Balaban J connectivity index is 1.64. The average Bonchev–Trinajstić information content (AvgIpc) is 3.15. The monoisotopic (exact) mass is 403 g/mol. The molecule has 4 nitrogen and oxygen atoms in total. The largest absolute Gasteiger partial charge is 0.494 e. The van der Waals surface area contributed by atoms with E-state index in [-0.39, 0.29) is 17.6 Å². The van der Waals surface area contributed by atoms with Crippen LogP contribution in [0.15, 0.2) is 52.4 Å². The number of aliphatic imine (C=N–C) groups is 1. The van der Waals surface area contributed by atoms with Crippen molar-refractivity contribution in [2.45, 2.75) is 43.0 Å². The maximum Gasteiger partial charge on any atom is 0.175 e. The van der Waals surface area contributed by atoms with Gasteiger partial charge < -0.3 is 4.74 Å². The predicted molar refractivity (Wildman–Crippen MR) is 109 cm³/mol. The van der Waals surface area contributed by atoms with Crippen LogP contribution < -0.4 is 4.74 Å². The van der Waals surface area contributed by atoms with E-state index in [1.807, 2.05) is 25.3 Å². The Bertz CT molecular complexity index is 954. The number of methoxy groups -OCH3 is 1. The van der Waals surface area contributed by atoms with E-state index < -0.39 is 9.84 Å². The lowest BCUT2D eigenvalue weighted by Gasteiger charge is -2.12. The van der Waals surface area contributed by atoms with Crippen LogP contribution in [-0.2, 0) is 9.84 Å². The third-order valence-electron chi connectivity index (χ3n) is 5.44. The molecule has 1 unspecified atom stereocenters. The first-order valence-corrected chi connectivity index (χ1v) is 11.3. The zero-order valence-electron chi connectivity index (χ0n) is 16.4. The van der Waals surface area contributed by atoms with E-state index in [1.165, 1.54) is 13.4 Å². The summed E-state index contributed by atoms with van der Waals surface area (Å²) in [4.78, 5) is 4.94. The quantitative estimate of drug-likeness (QED) is 0.641. The third kappa shape index (κ3) is 4.61. The Hall–Kier alpha value is -2.21. The number of ether oxygens (including phenoxy) is 1. The van der Waals surface area contributed by atoms with Crippen LogP contribution in [0.4, 0.5) is 4.39 Å². The molecule has 1 fully saturated rings. The summed E-state index contributed by atoms with van der Waals surface area (Å²) in [7, 11) is -1.71. The Morgan fingerprint density at radius 1 is 1.18 bits per heavy atom. The van der Waals surface area contributed by atoms with Crippen molar-refractivity contribution in [3.8, 4) is 5.75 Å². The molecule has 3 atom stereocenters. The molecular weight excluding hydrogens is 377 g/mol. The van der Waals surface area contributed by atoms with Crippen LogP contribution in [0.1, 0.15) is 49.3 Å². The molecule has 28 heavy (non-hydrogen) atoms. The fraction of sp³-hybridized carbons (Fsp3) is 0.409. The molecule has 0 bridgehead atoms. The Labute approximate surface area is 166 Å². The lowest BCUT2D eigenvalue weighted by Crippen LogP contribution is -2.02. The molecule has 0 spiro atoms. The molecule has 150 valence electrons. The summed E-state index contributed by atoms with van der Waals surface area (Å²) in [6.45, 7) is 1.88. The van der Waals surface area contributed by atoms with Crippen molar-refractivity contribution in [3.63, 3.8) is 0 Å². The molecule has 2 aromatic carbocycles. The molecule has 0 aliphatic heterocycles. The van der Waals surface area contributed by atoms with Gasteiger partial charge in [-0.3, -0.25) is 4.99 Å². The second-order valence-electron chi connectivity index (χ2n) is 7.45. The molecule has 1 aliphatic carbocycles. The van der Waals surface area contributed by atoms with Gasteiger partial charge in [0, 0.05) is 18.0 Å². The first kappa shape index (κ1) is 20.5. The van der Waals surface area contributed by atoms with Crippen molar-refractivity contribution in [2.75, 3.05) is 13.4 Å². The average molecular weight is 404 g/mol. The molecule has 3 rings (SSSR count). The van der Waals surface area contributed by atoms with Crippen molar-refractivity contribution >= 4 is 16.1 Å². The Morgan fingerprint density at radius 2 is 1.89 bits per heavy atom. The number of hydrogen-bond donors (Lipinski definition) is 0. The zero-order valence-corrected chi connectivity index (χ0v) is 17.2. The van der Waals surface area contributed by atoms with E-state index in [0.29, 0.717) is 22.3 Å². The maximum absolute atomic E-state index is 14.4. The summed E-state index contributed by atoms with van der Waals surface area (Å²) >= 11 is 0. The van der Waals surface area contributed by atoms with Crippen molar-refractivity contribution in [1.29, 1.82) is 0 Å². The number of nitrogens with zero attached hydrogens (tertiary/aromatic N) is 1. The van der Waals surface area contributed by atoms with Crippen molar-refractivity contribution in [3.05, 3.63) is 59.4 Å². The second kappa shape index (κ2) is 8.43. The number of hydrogen-bond acceptors (Lipinski definition) is 4. The number of halogens is 1. The van der Waals surface area contributed by atoms with Crippen LogP contribution in [-0.4, -0.2) is 28.0 Å². The highest BCUT2D eigenvalue weighted by atomic mass is 32.2. The summed E-state index contributed by atoms with van der Waals surface area (Å²) < 4.78 is 42.6. The molecule has 0 radical (unpaired) electrons. The summed E-state index contributed by atoms with van der Waals surface area (Å²) in [5, 5.41) is 0. The number of sulfone groups is 1. The molecule has 0 saturated heterocycles. The minimum Gasteiger partial charge on any atom is -0.494 e. The van der Waals surface area contributed by atoms with Crippen molar-refractivity contribution in [2.24, 2.45) is 10.9 Å². The van der Waals surface area contributed by atoms with Crippen molar-refractivity contribution in [1.82, 2.24) is 0 Å². The SMILES string of the molecule is COc1cccc([C@@H](C)N=CC2CC[C@H](c3ccc(S(C)(=O)=O)cc3)C2)c1F. The molecule has 1 saturated carbocycles. The summed E-state index contributed by atoms with van der Waals surface area (Å²) in [6.07, 6.45) is 6.20. The molecule has 0 aromatic heterocycles. The second-order valence-corrected chi connectivity index (χ2v) is 9.46. The summed E-state index contributed by atoms with van der Waals surface area (Å²) in [5.41, 5.74) is 1.69. The Kier molecular flexibility index (Phi) is 6.18. The summed E-state index contributed by atoms with van der Waals surface area (Å²) in [6, 6.07) is 12.0. The van der Waals surface area contributed by atoms with Crippen LogP contribution in [0, 0.1) is 11.7 Å². The molecule has 0 heterocycles. The van der Waals surface area contributed by atoms with Gasteiger partial charge in [-0.25, -0.2) is 12.8 Å². The van der Waals surface area contributed by atoms with E-state index in [2.05, 4.69) is 4.99 Å². The number of benzene rings is 2. The van der Waals surface area contributed by atoms with Crippen LogP contribution in [0.25, 0.3) is 0 Å². The summed E-state index contributed by atoms with van der Waals surface area (Å²) in [5.74, 6) is 0.618. The third-order valence-corrected chi connectivity index (χ3v) is 6.56. The topological polar surface area (TPSA) is 55.7 Å². The van der Waals surface area contributed by atoms with E-state index in [9.17, 15) is 12.8 Å². The van der Waals surface area contributed by atoms with Crippen LogP contribution >= 0.6 is 0 Å². The molecule has 1 aliphatic rings. The Morgan fingerprint density at radius 3 is 2.54 bits per heavy atom.